The molecule has 0 aromatic rings. The molecule has 0 aliphatic heterocycles. The van der Waals surface area contributed by atoms with Gasteiger partial charge in [-0.1, -0.05) is 63.8 Å². The highest BCUT2D eigenvalue weighted by Crippen LogP contribution is 2.31. The second-order valence-electron chi connectivity index (χ2n) is 6.35. The molecule has 1 N–H and O–H groups in total. The fourth-order valence-electron chi connectivity index (χ4n) is 2.05. The first-order valence-corrected chi connectivity index (χ1v) is 9.21. The highest BCUT2D eigenvalue weighted by Gasteiger charge is 2.24. The van der Waals surface area contributed by atoms with Gasteiger partial charge < -0.3 is 5.32 Å². The van der Waals surface area contributed by atoms with Crippen LogP contribution in [0.4, 0.5) is 0 Å². The Bertz CT molecular complexity index is 567. The molecule has 0 bridgehead atoms. The van der Waals surface area contributed by atoms with Crippen LogP contribution in [0.1, 0.15) is 60.3 Å². The van der Waals surface area contributed by atoms with Crippen molar-refractivity contribution in [1.29, 1.82) is 0 Å². The molecular formula is C23H36N2. The molecule has 0 atom stereocenters. The van der Waals surface area contributed by atoms with Crippen molar-refractivity contribution in [3.63, 3.8) is 0 Å². The van der Waals surface area contributed by atoms with Crippen molar-refractivity contribution in [3.8, 4) is 0 Å². The first kappa shape index (κ1) is 22.9. The summed E-state index contributed by atoms with van der Waals surface area (Å²) in [5.41, 5.74) is 4.83. The number of nitrogens with zero attached hydrogens (tertiary/aromatic N) is 1. The van der Waals surface area contributed by atoms with E-state index in [1.54, 1.807) is 0 Å². The molecule has 25 heavy (non-hydrogen) atoms. The van der Waals surface area contributed by atoms with Crippen molar-refractivity contribution < 1.29 is 0 Å². The largest absolute Gasteiger partial charge is 0.358 e. The zero-order valence-electron chi connectivity index (χ0n) is 16.9. The standard InChI is InChI=1S/C20H28N2.C3H8/c1-7-9-10-12-15(3)20(22-17(5)19-13-14-19)18(6)21-16(4)11-8-2;1-3-2/h7-10,12,19,21H,2,4,6,11,13-14H2,1,3,5H3;3H2,1-2H3/b9-7-,12-10-,20-15+,22-17?;. The van der Waals surface area contributed by atoms with Gasteiger partial charge in [-0.3, -0.25) is 4.99 Å². The number of hydrogen-bond donors (Lipinski definition) is 1. The molecule has 0 saturated heterocycles. The average molecular weight is 341 g/mol. The monoisotopic (exact) mass is 340 g/mol. The van der Waals surface area contributed by atoms with Crippen LogP contribution in [-0.2, 0) is 0 Å². The summed E-state index contributed by atoms with van der Waals surface area (Å²) in [4.78, 5) is 4.82. The number of nitrogens with one attached hydrogen (secondary N) is 1. The summed E-state index contributed by atoms with van der Waals surface area (Å²) in [6, 6.07) is 0. The Labute approximate surface area is 155 Å². The zero-order chi connectivity index (χ0) is 19.2. The van der Waals surface area contributed by atoms with Gasteiger partial charge in [-0.05, 0) is 45.1 Å². The van der Waals surface area contributed by atoms with E-state index in [1.165, 1.54) is 25.0 Å². The molecule has 0 aromatic heterocycles. The van der Waals surface area contributed by atoms with Gasteiger partial charge in [0.2, 0.25) is 0 Å². The molecule has 2 heteroatoms. The van der Waals surface area contributed by atoms with E-state index >= 15 is 0 Å². The maximum atomic E-state index is 4.82. The summed E-state index contributed by atoms with van der Waals surface area (Å²) in [5.74, 6) is 0.645. The van der Waals surface area contributed by atoms with Crippen LogP contribution in [0.2, 0.25) is 0 Å². The van der Waals surface area contributed by atoms with Crippen LogP contribution in [0.3, 0.4) is 0 Å². The van der Waals surface area contributed by atoms with Gasteiger partial charge in [0.05, 0.1) is 11.4 Å². The van der Waals surface area contributed by atoms with E-state index in [2.05, 4.69) is 58.8 Å². The van der Waals surface area contributed by atoms with E-state index in [1.807, 2.05) is 31.2 Å². The van der Waals surface area contributed by atoms with Crippen molar-refractivity contribution >= 4 is 5.71 Å². The second kappa shape index (κ2) is 13.2. The fourth-order valence-corrected chi connectivity index (χ4v) is 2.05. The predicted octanol–water partition coefficient (Wildman–Crippen LogP) is 6.87. The summed E-state index contributed by atoms with van der Waals surface area (Å²) < 4.78 is 0. The van der Waals surface area contributed by atoms with Gasteiger partial charge in [0.1, 0.15) is 0 Å². The molecule has 1 aliphatic rings. The lowest BCUT2D eigenvalue weighted by molar-refractivity contribution is 0.931. The van der Waals surface area contributed by atoms with Crippen molar-refractivity contribution in [2.45, 2.75) is 60.3 Å². The molecule has 1 fully saturated rings. The van der Waals surface area contributed by atoms with E-state index < -0.39 is 0 Å². The molecule has 0 spiro atoms. The van der Waals surface area contributed by atoms with E-state index in [0.717, 1.165) is 22.7 Å². The van der Waals surface area contributed by atoms with Crippen LogP contribution < -0.4 is 5.32 Å². The summed E-state index contributed by atoms with van der Waals surface area (Å²) in [6.07, 6.45) is 14.4. The van der Waals surface area contributed by atoms with Gasteiger partial charge in [-0.25, -0.2) is 0 Å². The third-order valence-corrected chi connectivity index (χ3v) is 3.48. The lowest BCUT2D eigenvalue weighted by atomic mass is 10.1. The summed E-state index contributed by atoms with van der Waals surface area (Å²) in [6.45, 7) is 22.3. The molecule has 0 unspecified atom stereocenters. The zero-order valence-corrected chi connectivity index (χ0v) is 16.9. The molecule has 0 heterocycles. The maximum absolute atomic E-state index is 4.82. The van der Waals surface area contributed by atoms with Crippen molar-refractivity contribution in [3.05, 3.63) is 72.8 Å². The molecule has 0 amide bonds. The third-order valence-electron chi connectivity index (χ3n) is 3.48. The van der Waals surface area contributed by atoms with E-state index in [-0.39, 0.29) is 0 Å². The third kappa shape index (κ3) is 10.4. The molecule has 2 nitrogen and oxygen atoms in total. The Hall–Kier alpha value is -2.09. The average Bonchev–Trinajstić information content (AvgIpc) is 3.38. The molecule has 1 saturated carbocycles. The van der Waals surface area contributed by atoms with E-state index in [0.29, 0.717) is 12.3 Å². The summed E-state index contributed by atoms with van der Waals surface area (Å²) in [5, 5.41) is 3.24. The van der Waals surface area contributed by atoms with Crippen LogP contribution in [0.5, 0.6) is 0 Å². The quantitative estimate of drug-likeness (QED) is 0.276. The molecule has 1 aliphatic carbocycles. The topological polar surface area (TPSA) is 24.4 Å². The Morgan fingerprint density at radius 3 is 2.24 bits per heavy atom. The normalized spacial score (nSPS) is 15.5. The first-order valence-electron chi connectivity index (χ1n) is 9.21. The Balaban J connectivity index is 0.00000178. The lowest BCUT2D eigenvalue weighted by Crippen LogP contribution is -2.13. The highest BCUT2D eigenvalue weighted by atomic mass is 14.9. The van der Waals surface area contributed by atoms with Gasteiger partial charge in [0, 0.05) is 17.8 Å². The van der Waals surface area contributed by atoms with Gasteiger partial charge in [0.25, 0.3) is 0 Å². The molecule has 138 valence electrons. The summed E-state index contributed by atoms with van der Waals surface area (Å²) in [7, 11) is 0. The number of rotatable bonds is 9. The predicted molar refractivity (Wildman–Crippen MR) is 115 cm³/mol. The van der Waals surface area contributed by atoms with Crippen LogP contribution in [0.15, 0.2) is 77.8 Å². The molecule has 0 aromatic carbocycles. The minimum atomic E-state index is 0.645. The maximum Gasteiger partial charge on any atom is 0.0886 e. The van der Waals surface area contributed by atoms with E-state index in [4.69, 9.17) is 4.99 Å². The summed E-state index contributed by atoms with van der Waals surface area (Å²) >= 11 is 0. The number of aliphatic imine (C=N–C) groups is 1. The van der Waals surface area contributed by atoms with Crippen molar-refractivity contribution in [2.75, 3.05) is 0 Å². The smallest absolute Gasteiger partial charge is 0.0886 e. The van der Waals surface area contributed by atoms with Gasteiger partial charge in [-0.2, -0.15) is 0 Å². The second-order valence-corrected chi connectivity index (χ2v) is 6.35. The van der Waals surface area contributed by atoms with Crippen LogP contribution >= 0.6 is 0 Å². The Morgan fingerprint density at radius 2 is 1.76 bits per heavy atom. The van der Waals surface area contributed by atoms with Gasteiger partial charge >= 0.3 is 0 Å². The van der Waals surface area contributed by atoms with Crippen LogP contribution in [-0.4, -0.2) is 5.71 Å². The SMILES string of the molecule is C=CCC(=C)NC(=C)\C(N=C(C)C1CC1)=C(C)/C=C\C=C/C.CCC. The Morgan fingerprint density at radius 1 is 1.16 bits per heavy atom. The lowest BCUT2D eigenvalue weighted by Gasteiger charge is -2.14. The highest BCUT2D eigenvalue weighted by molar-refractivity contribution is 5.87. The van der Waals surface area contributed by atoms with Gasteiger partial charge in [0.15, 0.2) is 0 Å². The minimum absolute atomic E-state index is 0.645. The van der Waals surface area contributed by atoms with Crippen LogP contribution in [0, 0.1) is 5.92 Å². The van der Waals surface area contributed by atoms with Gasteiger partial charge in [-0.15, -0.1) is 6.58 Å². The first-order chi connectivity index (χ1) is 11.9. The fraction of sp³-hybridized carbons (Fsp3) is 0.435. The van der Waals surface area contributed by atoms with Crippen molar-refractivity contribution in [2.24, 2.45) is 10.9 Å². The van der Waals surface area contributed by atoms with E-state index in [9.17, 15) is 0 Å². The Kier molecular flexibility index (Phi) is 12.1. The molecular weight excluding hydrogens is 304 g/mol. The molecule has 1 rings (SSSR count). The molecule has 0 radical (unpaired) electrons. The number of allylic oxidation sites excluding steroid dienone is 6. The van der Waals surface area contributed by atoms with Crippen molar-refractivity contribution in [1.82, 2.24) is 5.32 Å². The number of hydrogen-bond acceptors (Lipinski definition) is 2. The van der Waals surface area contributed by atoms with Crippen LogP contribution in [0.25, 0.3) is 0 Å². The minimum Gasteiger partial charge on any atom is -0.358 e.